The molecule has 2 nitrogen and oxygen atoms in total. The molecule has 0 saturated carbocycles. The van der Waals surface area contributed by atoms with Gasteiger partial charge in [0.25, 0.3) is 0 Å². The Kier molecular flexibility index (Phi) is 3.91. The molecule has 0 radical (unpaired) electrons. The second-order valence-corrected chi connectivity index (χ2v) is 5.78. The van der Waals surface area contributed by atoms with E-state index in [1.165, 1.54) is 24.6 Å². The maximum absolute atomic E-state index is 13.3. The summed E-state index contributed by atoms with van der Waals surface area (Å²) in [5.74, 6) is 1.22. The minimum absolute atomic E-state index is 0.0610. The van der Waals surface area contributed by atoms with Gasteiger partial charge in [-0.3, -0.25) is 4.90 Å². The van der Waals surface area contributed by atoms with Crippen LogP contribution in [0.15, 0.2) is 18.2 Å². The molecule has 1 aliphatic heterocycles. The summed E-state index contributed by atoms with van der Waals surface area (Å²) in [6.45, 7) is 8.57. The van der Waals surface area contributed by atoms with Gasteiger partial charge >= 0.3 is 0 Å². The van der Waals surface area contributed by atoms with Gasteiger partial charge in [0.1, 0.15) is 11.6 Å². The predicted molar refractivity (Wildman–Crippen MR) is 71.0 cm³/mol. The summed E-state index contributed by atoms with van der Waals surface area (Å²) < 4.78 is 13.3. The van der Waals surface area contributed by atoms with Crippen LogP contribution in [0, 0.1) is 17.7 Å². The normalized spacial score (nSPS) is 27.1. The zero-order valence-electron chi connectivity index (χ0n) is 11.4. The lowest BCUT2D eigenvalue weighted by molar-refractivity contribution is 0.102. The summed E-state index contributed by atoms with van der Waals surface area (Å²) in [6, 6.07) is 4.25. The van der Waals surface area contributed by atoms with Gasteiger partial charge < -0.3 is 5.11 Å². The molecule has 1 aromatic carbocycles. The fourth-order valence-electron chi connectivity index (χ4n) is 3.08. The highest BCUT2D eigenvalue weighted by Gasteiger charge is 2.27. The Morgan fingerprint density at radius 3 is 2.50 bits per heavy atom. The topological polar surface area (TPSA) is 23.5 Å². The second-order valence-electron chi connectivity index (χ2n) is 5.78. The third kappa shape index (κ3) is 2.83. The van der Waals surface area contributed by atoms with Crippen LogP contribution < -0.4 is 0 Å². The van der Waals surface area contributed by atoms with Gasteiger partial charge in [-0.05, 0) is 43.4 Å². The third-order valence-corrected chi connectivity index (χ3v) is 3.88. The number of piperidine rings is 1. The van der Waals surface area contributed by atoms with E-state index < -0.39 is 0 Å². The van der Waals surface area contributed by atoms with Crippen LogP contribution in [-0.4, -0.2) is 23.1 Å². The van der Waals surface area contributed by atoms with Gasteiger partial charge in [0.2, 0.25) is 0 Å². The molecule has 3 unspecified atom stereocenters. The van der Waals surface area contributed by atoms with Crippen molar-refractivity contribution in [3.63, 3.8) is 0 Å². The molecule has 0 bridgehead atoms. The highest BCUT2D eigenvalue weighted by Crippen LogP contribution is 2.33. The van der Waals surface area contributed by atoms with E-state index in [2.05, 4.69) is 18.7 Å². The van der Waals surface area contributed by atoms with Crippen LogP contribution in [0.5, 0.6) is 5.75 Å². The van der Waals surface area contributed by atoms with Gasteiger partial charge in [0.05, 0.1) is 0 Å². The molecule has 0 spiro atoms. The van der Waals surface area contributed by atoms with Gasteiger partial charge in [-0.2, -0.15) is 0 Å². The first kappa shape index (κ1) is 13.3. The standard InChI is InChI=1S/C15H22FNO/c1-10-6-11(2)9-17(8-10)12(3)14-7-13(16)4-5-15(14)18/h4-5,7,10-12,18H,6,8-9H2,1-3H3. The van der Waals surface area contributed by atoms with Crippen LogP contribution >= 0.6 is 0 Å². The molecular weight excluding hydrogens is 229 g/mol. The Hall–Kier alpha value is -1.09. The molecular formula is C15H22FNO. The van der Waals surface area contributed by atoms with Gasteiger partial charge in [0.15, 0.2) is 0 Å². The molecule has 1 aliphatic rings. The molecule has 0 aromatic heterocycles. The second kappa shape index (κ2) is 5.27. The molecule has 3 atom stereocenters. The van der Waals surface area contributed by atoms with Crippen molar-refractivity contribution >= 4 is 0 Å². The number of nitrogens with zero attached hydrogens (tertiary/aromatic N) is 1. The number of phenols is 1. The zero-order valence-corrected chi connectivity index (χ0v) is 11.4. The van der Waals surface area contributed by atoms with Gasteiger partial charge in [-0.15, -0.1) is 0 Å². The molecule has 1 fully saturated rings. The van der Waals surface area contributed by atoms with Crippen LogP contribution in [0.3, 0.4) is 0 Å². The fraction of sp³-hybridized carbons (Fsp3) is 0.600. The van der Waals surface area contributed by atoms with E-state index in [0.29, 0.717) is 17.4 Å². The van der Waals surface area contributed by atoms with Crippen molar-refractivity contribution in [3.8, 4) is 5.75 Å². The van der Waals surface area contributed by atoms with E-state index in [4.69, 9.17) is 0 Å². The van der Waals surface area contributed by atoms with Crippen LogP contribution in [0.4, 0.5) is 4.39 Å². The number of likely N-dealkylation sites (tertiary alicyclic amines) is 1. The molecule has 1 saturated heterocycles. The first-order valence-electron chi connectivity index (χ1n) is 6.69. The summed E-state index contributed by atoms with van der Waals surface area (Å²) in [6.07, 6.45) is 1.25. The summed E-state index contributed by atoms with van der Waals surface area (Å²) in [7, 11) is 0. The molecule has 1 aromatic rings. The first-order valence-corrected chi connectivity index (χ1v) is 6.69. The molecule has 2 rings (SSSR count). The minimum Gasteiger partial charge on any atom is -0.508 e. The SMILES string of the molecule is CC1CC(C)CN(C(C)c2cc(F)ccc2O)C1. The van der Waals surface area contributed by atoms with Crippen LogP contribution in [0.1, 0.15) is 38.8 Å². The Morgan fingerprint density at radius 1 is 1.28 bits per heavy atom. The van der Waals surface area contributed by atoms with Gasteiger partial charge in [0, 0.05) is 24.7 Å². The predicted octanol–water partition coefficient (Wildman–Crippen LogP) is 3.57. The Balaban J connectivity index is 2.19. The van der Waals surface area contributed by atoms with Crippen molar-refractivity contribution in [3.05, 3.63) is 29.6 Å². The monoisotopic (exact) mass is 251 g/mol. The van der Waals surface area contributed by atoms with Gasteiger partial charge in [-0.1, -0.05) is 13.8 Å². The van der Waals surface area contributed by atoms with E-state index in [0.717, 1.165) is 13.1 Å². The van der Waals surface area contributed by atoms with E-state index in [1.807, 2.05) is 6.92 Å². The van der Waals surface area contributed by atoms with Crippen molar-refractivity contribution in [1.82, 2.24) is 4.90 Å². The molecule has 1 N–H and O–H groups in total. The van der Waals surface area contributed by atoms with Crippen molar-refractivity contribution in [2.75, 3.05) is 13.1 Å². The molecule has 0 aliphatic carbocycles. The molecule has 100 valence electrons. The molecule has 0 amide bonds. The number of benzene rings is 1. The van der Waals surface area contributed by atoms with Crippen LogP contribution in [0.2, 0.25) is 0 Å². The first-order chi connectivity index (χ1) is 8.47. The number of hydrogen-bond donors (Lipinski definition) is 1. The molecule has 3 heteroatoms. The number of aromatic hydroxyl groups is 1. The van der Waals surface area contributed by atoms with E-state index in [1.54, 1.807) is 0 Å². The lowest BCUT2D eigenvalue weighted by Crippen LogP contribution is -2.40. The Morgan fingerprint density at radius 2 is 1.89 bits per heavy atom. The largest absolute Gasteiger partial charge is 0.508 e. The minimum atomic E-state index is -0.284. The van der Waals surface area contributed by atoms with Crippen LogP contribution in [-0.2, 0) is 0 Å². The number of halogens is 1. The number of phenolic OH excluding ortho intramolecular Hbond substituents is 1. The lowest BCUT2D eigenvalue weighted by Gasteiger charge is -2.39. The summed E-state index contributed by atoms with van der Waals surface area (Å²) in [5, 5.41) is 9.87. The smallest absolute Gasteiger partial charge is 0.123 e. The van der Waals surface area contributed by atoms with Crippen molar-refractivity contribution in [1.29, 1.82) is 0 Å². The van der Waals surface area contributed by atoms with Crippen LogP contribution in [0.25, 0.3) is 0 Å². The van der Waals surface area contributed by atoms with E-state index in [-0.39, 0.29) is 17.6 Å². The highest BCUT2D eigenvalue weighted by molar-refractivity contribution is 5.35. The quantitative estimate of drug-likeness (QED) is 0.868. The highest BCUT2D eigenvalue weighted by atomic mass is 19.1. The fourth-order valence-corrected chi connectivity index (χ4v) is 3.08. The lowest BCUT2D eigenvalue weighted by atomic mass is 9.90. The Bertz CT molecular complexity index is 411. The third-order valence-electron chi connectivity index (χ3n) is 3.88. The van der Waals surface area contributed by atoms with Crippen molar-refractivity contribution < 1.29 is 9.50 Å². The van der Waals surface area contributed by atoms with E-state index in [9.17, 15) is 9.50 Å². The summed E-state index contributed by atoms with van der Waals surface area (Å²) in [5.41, 5.74) is 0.691. The van der Waals surface area contributed by atoms with Gasteiger partial charge in [-0.25, -0.2) is 4.39 Å². The van der Waals surface area contributed by atoms with Crippen molar-refractivity contribution in [2.24, 2.45) is 11.8 Å². The maximum atomic E-state index is 13.3. The number of hydrogen-bond acceptors (Lipinski definition) is 2. The zero-order chi connectivity index (χ0) is 13.3. The average Bonchev–Trinajstić information content (AvgIpc) is 2.30. The average molecular weight is 251 g/mol. The van der Waals surface area contributed by atoms with E-state index >= 15 is 0 Å². The Labute approximate surface area is 108 Å². The molecule has 1 heterocycles. The molecule has 18 heavy (non-hydrogen) atoms. The summed E-state index contributed by atoms with van der Waals surface area (Å²) >= 11 is 0. The maximum Gasteiger partial charge on any atom is 0.123 e. The number of rotatable bonds is 2. The van der Waals surface area contributed by atoms with Crippen molar-refractivity contribution in [2.45, 2.75) is 33.2 Å². The summed E-state index contributed by atoms with van der Waals surface area (Å²) in [4.78, 5) is 2.34.